The lowest BCUT2D eigenvalue weighted by molar-refractivity contribution is 2.28. The number of thiocarbonyl (C=S) groups is 1. The van der Waals surface area contributed by atoms with E-state index in [4.69, 9.17) is 0 Å². The summed E-state index contributed by atoms with van der Waals surface area (Å²) >= 11 is 4.58. The Hall–Kier alpha value is 0.520. The molecular formula is C3H7PS. The molecule has 0 spiro atoms. The molecule has 5 heavy (non-hydrogen) atoms. The fourth-order valence-electron chi connectivity index (χ4n) is 0. The molecule has 0 rings (SSSR count). The van der Waals surface area contributed by atoms with Gasteiger partial charge in [-0.05, 0) is 13.3 Å². The van der Waals surface area contributed by atoms with Gasteiger partial charge in [0.05, 0.1) is 0 Å². The van der Waals surface area contributed by atoms with Crippen LogP contribution in [-0.4, -0.2) is 18.4 Å². The normalized spacial score (nSPS) is 8.60. The fraction of sp³-hybridized carbons (Fsp3) is 0.667. The van der Waals surface area contributed by atoms with Gasteiger partial charge in [0.25, 0.3) is 0 Å². The van der Waals surface area contributed by atoms with Crippen LogP contribution in [-0.2, 0) is 0 Å². The van der Waals surface area contributed by atoms with E-state index in [2.05, 4.69) is 25.5 Å². The molecule has 0 heterocycles. The van der Waals surface area contributed by atoms with Crippen LogP contribution in [0.25, 0.3) is 0 Å². The molecule has 0 nitrogen and oxygen atoms in total. The quantitative estimate of drug-likeness (QED) is 0.362. The lowest BCUT2D eigenvalue weighted by Gasteiger charge is -1.84. The Morgan fingerprint density at radius 2 is 1.80 bits per heavy atom. The van der Waals surface area contributed by atoms with Gasteiger partial charge < -0.3 is 0 Å². The van der Waals surface area contributed by atoms with Crippen LogP contribution in [0.2, 0.25) is 0 Å². The summed E-state index contributed by atoms with van der Waals surface area (Å²) in [5.41, 5.74) is 0. The molecule has 0 unspecified atom stereocenters. The van der Waals surface area contributed by atoms with E-state index in [1.54, 1.807) is 0 Å². The smallest absolute Gasteiger partial charge is 0.00215 e. The molecule has 0 N–H and O–H groups in total. The maximum absolute atomic E-state index is 4.58. The van der Waals surface area contributed by atoms with Crippen LogP contribution < -0.4 is 0 Å². The Bertz CT molecular complexity index is 33.9. The Balaban J connectivity index is 2.83. The molecule has 0 aliphatic carbocycles. The van der Waals surface area contributed by atoms with Crippen molar-refractivity contribution in [2.45, 2.75) is 0 Å². The first-order valence-corrected chi connectivity index (χ1v) is 4.16. The van der Waals surface area contributed by atoms with E-state index in [0.29, 0.717) is 0 Å². The van der Waals surface area contributed by atoms with Crippen LogP contribution in [0.1, 0.15) is 0 Å². The van der Waals surface area contributed by atoms with Crippen LogP contribution in [0.3, 0.4) is 0 Å². The first-order chi connectivity index (χ1) is 2.27. The van der Waals surface area contributed by atoms with Crippen LogP contribution in [0.5, 0.6) is 0 Å². The van der Waals surface area contributed by atoms with Crippen LogP contribution in [0, 0.1) is 0 Å². The standard InChI is InChI=1S/C3H7PS/c1-4(2)3-5/h3H,1-2H3. The maximum Gasteiger partial charge on any atom is 0.00215 e. The topological polar surface area (TPSA) is 0 Å². The van der Waals surface area contributed by atoms with Crippen molar-refractivity contribution in [1.82, 2.24) is 0 Å². The molecule has 0 aromatic carbocycles. The first kappa shape index (κ1) is 5.52. The first-order valence-electron chi connectivity index (χ1n) is 1.39. The molecule has 2 heteroatoms. The zero-order valence-corrected chi connectivity index (χ0v) is 5.14. The summed E-state index contributed by atoms with van der Waals surface area (Å²) in [4.78, 5) is 0. The lowest BCUT2D eigenvalue weighted by Crippen LogP contribution is -1.56. The monoisotopic (exact) mass is 106 g/mol. The Kier molecular flexibility index (Phi) is 3.03. The number of hydrogen-bond acceptors (Lipinski definition) is 1. The number of rotatable bonds is 1. The third-order valence-corrected chi connectivity index (χ3v) is 1.90. The second-order valence-corrected chi connectivity index (χ2v) is 3.84. The molecule has 0 aromatic rings. The second-order valence-electron chi connectivity index (χ2n) is 1.07. The minimum Gasteiger partial charge on any atom is -0.0882 e. The van der Waals surface area contributed by atoms with E-state index < -0.39 is 0 Å². The van der Waals surface area contributed by atoms with Gasteiger partial charge in [0.2, 0.25) is 0 Å². The van der Waals surface area contributed by atoms with Crippen molar-refractivity contribution in [3.05, 3.63) is 0 Å². The van der Waals surface area contributed by atoms with Gasteiger partial charge in [-0.15, -0.1) is 0 Å². The van der Waals surface area contributed by atoms with E-state index >= 15 is 0 Å². The van der Waals surface area contributed by atoms with E-state index in [-0.39, 0.29) is 7.92 Å². The lowest BCUT2D eigenvalue weighted by atomic mass is 11.8. The highest BCUT2D eigenvalue weighted by Gasteiger charge is 1.74. The van der Waals surface area contributed by atoms with Gasteiger partial charge in [-0.2, -0.15) is 0 Å². The second kappa shape index (κ2) is 2.74. The van der Waals surface area contributed by atoms with Gasteiger partial charge in [-0.25, -0.2) is 0 Å². The molecule has 0 saturated heterocycles. The van der Waals surface area contributed by atoms with Gasteiger partial charge in [-0.1, -0.05) is 20.1 Å². The minimum atomic E-state index is 0.0916. The fourth-order valence-corrected chi connectivity index (χ4v) is 0. The van der Waals surface area contributed by atoms with Gasteiger partial charge in [0.1, 0.15) is 0 Å². The predicted octanol–water partition coefficient (Wildman–Crippen LogP) is 1.69. The summed E-state index contributed by atoms with van der Waals surface area (Å²) in [6, 6.07) is 0. The van der Waals surface area contributed by atoms with Crippen molar-refractivity contribution < 1.29 is 0 Å². The van der Waals surface area contributed by atoms with Crippen molar-refractivity contribution in [3.8, 4) is 0 Å². The third kappa shape index (κ3) is 4.52. The highest BCUT2D eigenvalue weighted by Crippen LogP contribution is 2.17. The van der Waals surface area contributed by atoms with Gasteiger partial charge in [0.15, 0.2) is 0 Å². The molecule has 0 radical (unpaired) electrons. The Morgan fingerprint density at radius 3 is 1.80 bits per heavy atom. The van der Waals surface area contributed by atoms with Gasteiger partial charge in [-0.3, -0.25) is 0 Å². The van der Waals surface area contributed by atoms with Crippen LogP contribution in [0.4, 0.5) is 0 Å². The summed E-state index contributed by atoms with van der Waals surface area (Å²) in [5, 5.41) is 1.81. The average Bonchev–Trinajstić information content (AvgIpc) is 1.38. The van der Waals surface area contributed by atoms with Crippen molar-refractivity contribution in [3.63, 3.8) is 0 Å². The SMILES string of the molecule is CP(C)C=S. The molecule has 0 fully saturated rings. The summed E-state index contributed by atoms with van der Waals surface area (Å²) in [5.74, 6) is 0. The van der Waals surface area contributed by atoms with Crippen molar-refractivity contribution in [2.75, 3.05) is 13.3 Å². The number of hydrogen-bond donors (Lipinski definition) is 0. The summed E-state index contributed by atoms with van der Waals surface area (Å²) in [6.45, 7) is 4.25. The maximum atomic E-state index is 4.58. The molecular weight excluding hydrogens is 99.1 g/mol. The van der Waals surface area contributed by atoms with E-state index in [1.807, 2.05) is 5.11 Å². The molecule has 0 aliphatic rings. The van der Waals surface area contributed by atoms with E-state index in [9.17, 15) is 0 Å². The minimum absolute atomic E-state index is 0.0916. The van der Waals surface area contributed by atoms with Crippen molar-refractivity contribution in [1.29, 1.82) is 0 Å². The summed E-state index contributed by atoms with van der Waals surface area (Å²) in [7, 11) is 0.0916. The Morgan fingerprint density at radius 1 is 1.60 bits per heavy atom. The summed E-state index contributed by atoms with van der Waals surface area (Å²) in [6.07, 6.45) is 0. The molecule has 0 aliphatic heterocycles. The van der Waals surface area contributed by atoms with E-state index in [1.165, 1.54) is 0 Å². The van der Waals surface area contributed by atoms with Crippen molar-refractivity contribution >= 4 is 25.2 Å². The molecule has 30 valence electrons. The Labute approximate surface area is 39.3 Å². The highest BCUT2D eigenvalue weighted by molar-refractivity contribution is 7.95. The van der Waals surface area contributed by atoms with Crippen LogP contribution >= 0.6 is 20.1 Å². The third-order valence-electron chi connectivity index (χ3n) is 0.211. The predicted molar refractivity (Wildman–Crippen MR) is 32.4 cm³/mol. The van der Waals surface area contributed by atoms with E-state index in [0.717, 1.165) is 0 Å². The van der Waals surface area contributed by atoms with Gasteiger partial charge in [0, 0.05) is 5.11 Å². The summed E-state index contributed by atoms with van der Waals surface area (Å²) < 4.78 is 0. The zero-order chi connectivity index (χ0) is 4.28. The highest BCUT2D eigenvalue weighted by atomic mass is 32.1. The largest absolute Gasteiger partial charge is 0.0882 e. The zero-order valence-electron chi connectivity index (χ0n) is 3.43. The van der Waals surface area contributed by atoms with Crippen LogP contribution in [0.15, 0.2) is 0 Å². The molecule has 0 saturated carbocycles. The molecule has 0 atom stereocenters. The average molecular weight is 106 g/mol. The molecule has 0 aromatic heterocycles. The van der Waals surface area contributed by atoms with Gasteiger partial charge >= 0.3 is 0 Å². The molecule has 0 amide bonds. The molecule has 0 bridgehead atoms. The van der Waals surface area contributed by atoms with Crippen molar-refractivity contribution in [2.24, 2.45) is 0 Å².